The molecule has 0 aromatic heterocycles. The van der Waals surface area contributed by atoms with E-state index in [1.54, 1.807) is 12.1 Å². The van der Waals surface area contributed by atoms with E-state index >= 15 is 0 Å². The number of aromatic hydroxyl groups is 1. The molecule has 0 saturated carbocycles. The van der Waals surface area contributed by atoms with Crippen LogP contribution in [-0.4, -0.2) is 16.4 Å². The molecule has 0 unspecified atom stereocenters. The van der Waals surface area contributed by atoms with Crippen LogP contribution in [0.25, 0.3) is 0 Å². The van der Waals surface area contributed by atoms with Gasteiger partial charge in [0.2, 0.25) is 0 Å². The Bertz CT molecular complexity index is 419. The lowest BCUT2D eigenvalue weighted by molar-refractivity contribution is 0.0977. The number of ketones is 1. The average Bonchev–Trinajstić information content (AvgIpc) is 2.23. The Balaban J connectivity index is 2.82. The van der Waals surface area contributed by atoms with E-state index in [4.69, 9.17) is 0 Å². The molecule has 0 heterocycles. The molecule has 0 radical (unpaired) electrons. The number of anilines is 1. The Labute approximate surface area is 109 Å². The summed E-state index contributed by atoms with van der Waals surface area (Å²) in [4.78, 5) is 11.8. The zero-order valence-corrected chi connectivity index (χ0v) is 11.7. The first-order chi connectivity index (χ1) is 8.33. The lowest BCUT2D eigenvalue weighted by Crippen LogP contribution is -2.25. The Kier molecular flexibility index (Phi) is 4.76. The van der Waals surface area contributed by atoms with Gasteiger partial charge >= 0.3 is 0 Å². The number of phenols is 1. The molecule has 0 fully saturated rings. The third kappa shape index (κ3) is 4.40. The van der Waals surface area contributed by atoms with Crippen LogP contribution in [0.4, 0.5) is 5.69 Å². The van der Waals surface area contributed by atoms with Gasteiger partial charge in [-0.15, -0.1) is 0 Å². The van der Waals surface area contributed by atoms with Gasteiger partial charge in [-0.1, -0.05) is 13.3 Å². The number of rotatable bonds is 5. The molecule has 0 saturated heterocycles. The van der Waals surface area contributed by atoms with Gasteiger partial charge in [0.05, 0.1) is 5.56 Å². The van der Waals surface area contributed by atoms with Crippen molar-refractivity contribution in [3.8, 4) is 5.75 Å². The highest BCUT2D eigenvalue weighted by Gasteiger charge is 2.13. The summed E-state index contributed by atoms with van der Waals surface area (Å²) in [6.07, 6.45) is 2.34. The van der Waals surface area contributed by atoms with E-state index in [1.807, 2.05) is 33.8 Å². The van der Waals surface area contributed by atoms with E-state index in [9.17, 15) is 9.90 Å². The van der Waals surface area contributed by atoms with Crippen LogP contribution >= 0.6 is 0 Å². The van der Waals surface area contributed by atoms with E-state index in [-0.39, 0.29) is 17.1 Å². The SMILES string of the molecule is CCCCC(=O)c1ccc(NC(C)(C)C)cc1O. The largest absolute Gasteiger partial charge is 0.507 e. The van der Waals surface area contributed by atoms with Gasteiger partial charge < -0.3 is 10.4 Å². The molecular formula is C15H23NO2. The first-order valence-corrected chi connectivity index (χ1v) is 6.48. The normalized spacial score (nSPS) is 11.3. The zero-order valence-electron chi connectivity index (χ0n) is 11.7. The van der Waals surface area contributed by atoms with Crippen LogP contribution < -0.4 is 5.32 Å². The van der Waals surface area contributed by atoms with Gasteiger partial charge in [0, 0.05) is 23.7 Å². The van der Waals surface area contributed by atoms with Crippen molar-refractivity contribution in [2.75, 3.05) is 5.32 Å². The van der Waals surface area contributed by atoms with Gasteiger partial charge in [-0.3, -0.25) is 4.79 Å². The highest BCUT2D eigenvalue weighted by molar-refractivity contribution is 5.99. The number of hydrogen-bond acceptors (Lipinski definition) is 3. The van der Waals surface area contributed by atoms with Gasteiger partial charge in [-0.25, -0.2) is 0 Å². The van der Waals surface area contributed by atoms with Crippen LogP contribution in [0, 0.1) is 0 Å². The van der Waals surface area contributed by atoms with Crippen molar-refractivity contribution in [2.24, 2.45) is 0 Å². The van der Waals surface area contributed by atoms with Crippen molar-refractivity contribution >= 4 is 11.5 Å². The molecule has 0 bridgehead atoms. The number of hydrogen-bond donors (Lipinski definition) is 2. The van der Waals surface area contributed by atoms with Gasteiger partial charge in [-0.2, -0.15) is 0 Å². The molecule has 0 aliphatic carbocycles. The molecule has 1 aromatic rings. The second-order valence-electron chi connectivity index (χ2n) is 5.63. The first-order valence-electron chi connectivity index (χ1n) is 6.48. The van der Waals surface area contributed by atoms with Crippen LogP contribution in [0.5, 0.6) is 5.75 Å². The fraction of sp³-hybridized carbons (Fsp3) is 0.533. The summed E-state index contributed by atoms with van der Waals surface area (Å²) in [6, 6.07) is 5.15. The van der Waals surface area contributed by atoms with Crippen molar-refractivity contribution in [1.29, 1.82) is 0 Å². The highest BCUT2D eigenvalue weighted by atomic mass is 16.3. The number of nitrogens with one attached hydrogen (secondary N) is 1. The second kappa shape index (κ2) is 5.89. The Morgan fingerprint density at radius 3 is 2.50 bits per heavy atom. The standard InChI is InChI=1S/C15H23NO2/c1-5-6-7-13(17)12-9-8-11(10-14(12)18)16-15(2,3)4/h8-10,16,18H,5-7H2,1-4H3. The van der Waals surface area contributed by atoms with Crippen molar-refractivity contribution in [3.63, 3.8) is 0 Å². The van der Waals surface area contributed by atoms with E-state index in [1.165, 1.54) is 0 Å². The van der Waals surface area contributed by atoms with Crippen LogP contribution in [-0.2, 0) is 0 Å². The van der Waals surface area contributed by atoms with E-state index in [2.05, 4.69) is 5.32 Å². The number of phenolic OH excluding ortho intramolecular Hbond substituents is 1. The highest BCUT2D eigenvalue weighted by Crippen LogP contribution is 2.25. The molecule has 2 N–H and O–H groups in total. The lowest BCUT2D eigenvalue weighted by Gasteiger charge is -2.22. The fourth-order valence-electron chi connectivity index (χ4n) is 1.75. The quantitative estimate of drug-likeness (QED) is 0.776. The minimum atomic E-state index is -0.0693. The number of Topliss-reactive ketones (excluding diaryl/α,β-unsaturated/α-hetero) is 1. The van der Waals surface area contributed by atoms with Gasteiger partial charge in [0.1, 0.15) is 5.75 Å². The molecule has 1 rings (SSSR count). The molecule has 0 amide bonds. The molecule has 0 aliphatic heterocycles. The first kappa shape index (κ1) is 14.6. The van der Waals surface area contributed by atoms with Crippen LogP contribution in [0.1, 0.15) is 57.3 Å². The number of carbonyl (C=O) groups excluding carboxylic acids is 1. The third-order valence-electron chi connectivity index (χ3n) is 2.57. The maximum absolute atomic E-state index is 11.8. The summed E-state index contributed by atoms with van der Waals surface area (Å²) >= 11 is 0. The minimum absolute atomic E-state index is 0.0108. The fourth-order valence-corrected chi connectivity index (χ4v) is 1.75. The van der Waals surface area contributed by atoms with Crippen molar-refractivity contribution in [3.05, 3.63) is 23.8 Å². The zero-order chi connectivity index (χ0) is 13.8. The van der Waals surface area contributed by atoms with Gasteiger partial charge in [0.15, 0.2) is 5.78 Å². The van der Waals surface area contributed by atoms with Crippen LogP contribution in [0.2, 0.25) is 0 Å². The predicted molar refractivity (Wildman–Crippen MR) is 75.3 cm³/mol. The minimum Gasteiger partial charge on any atom is -0.507 e. The van der Waals surface area contributed by atoms with E-state index < -0.39 is 0 Å². The summed E-state index contributed by atoms with van der Waals surface area (Å²) in [7, 11) is 0. The summed E-state index contributed by atoms with van der Waals surface area (Å²) in [6.45, 7) is 8.18. The summed E-state index contributed by atoms with van der Waals surface area (Å²) in [5, 5.41) is 13.2. The molecule has 100 valence electrons. The van der Waals surface area contributed by atoms with Crippen molar-refractivity contribution in [1.82, 2.24) is 0 Å². The molecule has 3 nitrogen and oxygen atoms in total. The summed E-state index contributed by atoms with van der Waals surface area (Å²) < 4.78 is 0. The molecule has 18 heavy (non-hydrogen) atoms. The molecule has 0 spiro atoms. The molecular weight excluding hydrogens is 226 g/mol. The molecule has 0 aliphatic rings. The van der Waals surface area contributed by atoms with Gasteiger partial charge in [-0.05, 0) is 39.3 Å². The van der Waals surface area contributed by atoms with E-state index in [0.29, 0.717) is 12.0 Å². The van der Waals surface area contributed by atoms with Gasteiger partial charge in [0.25, 0.3) is 0 Å². The average molecular weight is 249 g/mol. The predicted octanol–water partition coefficient (Wildman–Crippen LogP) is 3.98. The monoisotopic (exact) mass is 249 g/mol. The Morgan fingerprint density at radius 1 is 1.33 bits per heavy atom. The van der Waals surface area contributed by atoms with Crippen molar-refractivity contribution < 1.29 is 9.90 Å². The summed E-state index contributed by atoms with van der Waals surface area (Å²) in [5.41, 5.74) is 1.18. The Hall–Kier alpha value is -1.51. The third-order valence-corrected chi connectivity index (χ3v) is 2.57. The van der Waals surface area contributed by atoms with E-state index in [0.717, 1.165) is 18.5 Å². The van der Waals surface area contributed by atoms with Crippen molar-refractivity contribution in [2.45, 2.75) is 52.5 Å². The second-order valence-corrected chi connectivity index (χ2v) is 5.63. The Morgan fingerprint density at radius 2 is 2.00 bits per heavy atom. The molecule has 1 aromatic carbocycles. The van der Waals surface area contributed by atoms with Crippen LogP contribution in [0.3, 0.4) is 0 Å². The van der Waals surface area contributed by atoms with Crippen LogP contribution in [0.15, 0.2) is 18.2 Å². The lowest BCUT2D eigenvalue weighted by atomic mass is 10.0. The molecule has 3 heteroatoms. The number of benzene rings is 1. The smallest absolute Gasteiger partial charge is 0.166 e. The maximum Gasteiger partial charge on any atom is 0.166 e. The maximum atomic E-state index is 11.8. The summed E-state index contributed by atoms with van der Waals surface area (Å²) in [5.74, 6) is 0.0713. The number of unbranched alkanes of at least 4 members (excludes halogenated alkanes) is 1. The molecule has 0 atom stereocenters. The topological polar surface area (TPSA) is 49.3 Å². The number of carbonyl (C=O) groups is 1.